The molecule has 3 rings (SSSR count). The highest BCUT2D eigenvalue weighted by Crippen LogP contribution is 2.46. The van der Waals surface area contributed by atoms with Gasteiger partial charge in [-0.25, -0.2) is 21.8 Å². The van der Waals surface area contributed by atoms with Crippen molar-refractivity contribution in [2.24, 2.45) is 5.90 Å². The van der Waals surface area contributed by atoms with Crippen LogP contribution in [0.25, 0.3) is 6.08 Å². The van der Waals surface area contributed by atoms with E-state index < -0.39 is 69.5 Å². The fraction of sp³-hybridized carbons (Fsp3) is 0.500. The Hall–Kier alpha value is -2.13. The summed E-state index contributed by atoms with van der Waals surface area (Å²) < 4.78 is 49.6. The van der Waals surface area contributed by atoms with Crippen molar-refractivity contribution < 1.29 is 74.0 Å². The van der Waals surface area contributed by atoms with E-state index >= 15 is 0 Å². The van der Waals surface area contributed by atoms with Crippen LogP contribution in [-0.2, 0) is 26.3 Å². The molecule has 0 aromatic heterocycles. The summed E-state index contributed by atoms with van der Waals surface area (Å²) in [7, 11) is 0. The Morgan fingerprint density at radius 2 is 1.69 bits per heavy atom. The molecule has 0 aliphatic carbocycles. The summed E-state index contributed by atoms with van der Waals surface area (Å²) in [5.74, 6) is -3.22. The first kappa shape index (κ1) is 31.9. The average molecular weight is 553 g/mol. The van der Waals surface area contributed by atoms with Crippen LogP contribution < -0.4 is 21.8 Å². The third-order valence-electron chi connectivity index (χ3n) is 4.49. The Labute approximate surface area is 205 Å². The number of esters is 1. The van der Waals surface area contributed by atoms with E-state index in [0.717, 1.165) is 6.92 Å². The third-order valence-corrected chi connectivity index (χ3v) is 4.89. The van der Waals surface area contributed by atoms with E-state index in [9.17, 15) is 48.6 Å². The molecule has 2 aliphatic heterocycles. The van der Waals surface area contributed by atoms with Gasteiger partial charge in [-0.3, -0.25) is 4.84 Å². The van der Waals surface area contributed by atoms with Crippen LogP contribution in [0.2, 0.25) is 5.02 Å². The molecule has 2 unspecified atom stereocenters. The molecule has 0 bridgehead atoms. The summed E-state index contributed by atoms with van der Waals surface area (Å²) in [4.78, 5) is 16.3. The number of hydrogen-bond donors (Lipinski definition) is 10. The van der Waals surface area contributed by atoms with Crippen molar-refractivity contribution in [1.29, 1.82) is 0 Å². The number of halogens is 4. The zero-order valence-electron chi connectivity index (χ0n) is 18.5. The van der Waals surface area contributed by atoms with E-state index in [1.165, 1.54) is 19.5 Å². The molecular formula is C18H26ClF3N3O11+. The van der Waals surface area contributed by atoms with Gasteiger partial charge in [-0.2, -0.15) is 13.2 Å². The summed E-state index contributed by atoms with van der Waals surface area (Å²) in [6, 6.07) is 0.426. The highest BCUT2D eigenvalue weighted by Gasteiger charge is 2.50. The van der Waals surface area contributed by atoms with E-state index in [4.69, 9.17) is 22.7 Å². The van der Waals surface area contributed by atoms with Crippen LogP contribution in [0.15, 0.2) is 11.6 Å². The third kappa shape index (κ3) is 7.93. The number of quaternary nitrogens is 1. The monoisotopic (exact) mass is 552 g/mol. The van der Waals surface area contributed by atoms with Crippen LogP contribution in [0, 0.1) is 0 Å². The fourth-order valence-corrected chi connectivity index (χ4v) is 3.13. The van der Waals surface area contributed by atoms with Crippen molar-refractivity contribution in [2.75, 3.05) is 13.1 Å². The minimum Gasteiger partial charge on any atom is -0.475 e. The molecule has 0 saturated carbocycles. The van der Waals surface area contributed by atoms with Gasteiger partial charge in [0.05, 0.1) is 21.7 Å². The summed E-state index contributed by atoms with van der Waals surface area (Å²) in [6.07, 6.45) is -7.89. The minimum absolute atomic E-state index is 0.415. The molecule has 2 heterocycles. The zero-order valence-corrected chi connectivity index (χ0v) is 19.2. The van der Waals surface area contributed by atoms with E-state index in [0.29, 0.717) is 12.1 Å². The molecule has 0 spiro atoms. The van der Waals surface area contributed by atoms with Gasteiger partial charge in [0.25, 0.3) is 0 Å². The Morgan fingerprint density at radius 1 is 1.19 bits per heavy atom. The van der Waals surface area contributed by atoms with Crippen molar-refractivity contribution in [2.45, 2.75) is 43.9 Å². The molecule has 1 fully saturated rings. The maximum Gasteiger partial charge on any atom is 0.430 e. The summed E-state index contributed by atoms with van der Waals surface area (Å²) >= 11 is 5.76. The molecule has 1 aromatic carbocycles. The number of rotatable bonds is 5. The van der Waals surface area contributed by atoms with Gasteiger partial charge in [0.2, 0.25) is 12.4 Å². The van der Waals surface area contributed by atoms with E-state index in [-0.39, 0.29) is 0 Å². The molecule has 36 heavy (non-hydrogen) atoms. The topological polar surface area (TPSA) is 252 Å². The highest BCUT2D eigenvalue weighted by atomic mass is 35.5. The lowest BCUT2D eigenvalue weighted by Gasteiger charge is -2.32. The number of benzene rings is 1. The number of carbonyl (C=O) groups is 1. The largest absolute Gasteiger partial charge is 0.475 e. The van der Waals surface area contributed by atoms with Crippen LogP contribution in [0.3, 0.4) is 0 Å². The van der Waals surface area contributed by atoms with Crippen LogP contribution in [0.1, 0.15) is 30.0 Å². The zero-order chi connectivity index (χ0) is 28.1. The van der Waals surface area contributed by atoms with Crippen LogP contribution >= 0.6 is 11.6 Å². The first-order chi connectivity index (χ1) is 16.5. The molecule has 18 heteroatoms. The lowest BCUT2D eigenvalue weighted by molar-refractivity contribution is -0.670. The van der Waals surface area contributed by atoms with Crippen molar-refractivity contribution >= 4 is 23.6 Å². The Bertz CT molecular complexity index is 941. The smallest absolute Gasteiger partial charge is 0.430 e. The quantitative estimate of drug-likeness (QED) is 0.104. The number of alkyl halides is 3. The van der Waals surface area contributed by atoms with Gasteiger partial charge in [-0.15, -0.1) is 0 Å². The molecule has 1 saturated heterocycles. The van der Waals surface area contributed by atoms with Crippen LogP contribution in [0.5, 0.6) is 5.75 Å². The van der Waals surface area contributed by atoms with Gasteiger partial charge in [0, 0.05) is 5.56 Å². The van der Waals surface area contributed by atoms with E-state index in [1.807, 2.05) is 0 Å². The second-order valence-electron chi connectivity index (χ2n) is 7.15. The van der Waals surface area contributed by atoms with Crippen molar-refractivity contribution in [3.05, 3.63) is 33.4 Å². The van der Waals surface area contributed by atoms with E-state index in [1.54, 1.807) is 0 Å². The second kappa shape index (κ2) is 12.4. The van der Waals surface area contributed by atoms with Crippen molar-refractivity contribution in [1.82, 2.24) is 5.32 Å². The molecule has 1 aromatic rings. The molecule has 2 aliphatic rings. The fourth-order valence-electron chi connectivity index (χ4n) is 2.72. The van der Waals surface area contributed by atoms with Crippen molar-refractivity contribution in [3.8, 4) is 5.75 Å². The summed E-state index contributed by atoms with van der Waals surface area (Å²) in [5, 5.41) is 65.5. The van der Waals surface area contributed by atoms with Gasteiger partial charge in [-0.1, -0.05) is 11.6 Å². The standard InChI is InChI=1S/C15H15ClF3NO10.C3H7N.H4NO/c1-4(30-20)28-12(21)6-2-5-8(29-11(6)13(17,18)19)3-7(14(22,23)24)10(16)9(5)15(25,26)27;1-2-4-3-1;1-2/h2-4,11,22-27H,20H2,1H3;4H,1-3H2;2H,1H3/q;;+1. The number of ether oxygens (including phenoxy) is 2. The lowest BCUT2D eigenvalue weighted by Crippen LogP contribution is -2.42. The number of nitrogens with one attached hydrogen (secondary N) is 1. The molecule has 206 valence electrons. The number of nitrogens with two attached hydrogens (primary N) is 1. The number of aliphatic hydroxyl groups is 6. The molecule has 2 atom stereocenters. The Morgan fingerprint density at radius 3 is 2.06 bits per heavy atom. The summed E-state index contributed by atoms with van der Waals surface area (Å²) in [6.45, 7) is 3.58. The molecule has 14 nitrogen and oxygen atoms in total. The molecular weight excluding hydrogens is 527 g/mol. The van der Waals surface area contributed by atoms with Gasteiger partial charge in [0.15, 0.2) is 0 Å². The van der Waals surface area contributed by atoms with Gasteiger partial charge < -0.3 is 45.4 Å². The Balaban J connectivity index is 0.000000958. The SMILES string of the molecule is C1CNC1.CC(ON)OC(=O)C1=Cc2c(cc(C(O)(O)O)c(Cl)c2C(O)(O)O)OC1C(F)(F)F.[NH3+]O. The lowest BCUT2D eigenvalue weighted by atomic mass is 9.93. The average Bonchev–Trinajstić information content (AvgIpc) is 2.69. The van der Waals surface area contributed by atoms with Gasteiger partial charge in [0.1, 0.15) is 5.75 Å². The minimum atomic E-state index is -5.22. The molecule has 13 N–H and O–H groups in total. The van der Waals surface area contributed by atoms with Gasteiger partial charge >= 0.3 is 24.1 Å². The predicted octanol–water partition coefficient (Wildman–Crippen LogP) is -2.40. The molecule has 0 radical (unpaired) electrons. The number of hydrogen-bond acceptors (Lipinski definition) is 13. The van der Waals surface area contributed by atoms with Crippen LogP contribution in [0.4, 0.5) is 13.2 Å². The molecule has 0 amide bonds. The first-order valence-electron chi connectivity index (χ1n) is 9.74. The van der Waals surface area contributed by atoms with Gasteiger partial charge in [-0.05, 0) is 38.6 Å². The number of fused-ring (bicyclic) bond motifs is 1. The first-order valence-corrected chi connectivity index (χ1v) is 10.1. The van der Waals surface area contributed by atoms with Crippen molar-refractivity contribution in [3.63, 3.8) is 0 Å². The maximum absolute atomic E-state index is 13.5. The van der Waals surface area contributed by atoms with E-state index in [2.05, 4.69) is 25.5 Å². The normalized spacial score (nSPS) is 18.1. The highest BCUT2D eigenvalue weighted by molar-refractivity contribution is 6.32. The summed E-state index contributed by atoms with van der Waals surface area (Å²) in [5.41, 5.74) is -4.39. The van der Waals surface area contributed by atoms with Crippen LogP contribution in [-0.4, -0.2) is 73.5 Å². The predicted molar refractivity (Wildman–Crippen MR) is 110 cm³/mol. The number of carbonyl (C=O) groups excluding carboxylic acids is 1. The second-order valence-corrected chi connectivity index (χ2v) is 7.53. The Kier molecular flexibility index (Phi) is 11.0. The maximum atomic E-state index is 13.5.